The van der Waals surface area contributed by atoms with Crippen LogP contribution in [0.4, 0.5) is 13.2 Å². The molecule has 0 aromatic rings. The number of alkyl halides is 3. The molecule has 1 heterocycles. The average Bonchev–Trinajstić information content (AvgIpc) is 2.42. The van der Waals surface area contributed by atoms with Crippen molar-refractivity contribution in [3.8, 4) is 0 Å². The molecule has 1 rings (SSSR count). The fourth-order valence-electron chi connectivity index (χ4n) is 2.33. The van der Waals surface area contributed by atoms with E-state index in [1.54, 1.807) is 11.9 Å². The van der Waals surface area contributed by atoms with Crippen LogP contribution in [-0.4, -0.2) is 54.5 Å². The number of carbonyl (C=O) groups is 2. The number of rotatable bonds is 4. The van der Waals surface area contributed by atoms with Gasteiger partial charge in [0.25, 0.3) is 0 Å². The zero-order chi connectivity index (χ0) is 15.3. The smallest absolute Gasteiger partial charge is 0.346 e. The largest absolute Gasteiger partial charge is 0.471 e. The molecule has 0 atom stereocenters. The van der Waals surface area contributed by atoms with E-state index < -0.39 is 12.1 Å². The normalized spacial score (nSPS) is 17.1. The minimum Gasteiger partial charge on any atom is -0.346 e. The number of hydrogen-bond acceptors (Lipinski definition) is 2. The van der Waals surface area contributed by atoms with Crippen molar-refractivity contribution in [2.24, 2.45) is 5.92 Å². The van der Waals surface area contributed by atoms with Gasteiger partial charge in [-0.2, -0.15) is 13.2 Å². The molecule has 0 unspecified atom stereocenters. The second-order valence-electron chi connectivity index (χ2n) is 5.18. The molecule has 7 heteroatoms. The first kappa shape index (κ1) is 16.8. The third kappa shape index (κ3) is 4.38. The molecule has 1 aliphatic rings. The van der Waals surface area contributed by atoms with Crippen molar-refractivity contribution in [3.63, 3.8) is 0 Å². The third-order valence-electron chi connectivity index (χ3n) is 3.60. The molecule has 0 saturated carbocycles. The van der Waals surface area contributed by atoms with Crippen LogP contribution in [0, 0.1) is 5.92 Å². The average molecular weight is 294 g/mol. The minimum absolute atomic E-state index is 0.00360. The Hall–Kier alpha value is -1.27. The van der Waals surface area contributed by atoms with E-state index in [0.717, 1.165) is 17.7 Å². The fourth-order valence-corrected chi connectivity index (χ4v) is 2.33. The first-order valence-corrected chi connectivity index (χ1v) is 6.88. The van der Waals surface area contributed by atoms with E-state index in [-0.39, 0.29) is 24.9 Å². The van der Waals surface area contributed by atoms with Gasteiger partial charge in [0.1, 0.15) is 0 Å². The summed E-state index contributed by atoms with van der Waals surface area (Å²) in [6.07, 6.45) is -2.33. The van der Waals surface area contributed by atoms with Crippen LogP contribution in [0.3, 0.4) is 0 Å². The molecule has 0 spiro atoms. The van der Waals surface area contributed by atoms with Crippen LogP contribution >= 0.6 is 0 Å². The molecule has 116 valence electrons. The first-order chi connectivity index (χ1) is 9.27. The minimum atomic E-state index is -4.82. The number of nitrogens with zero attached hydrogens (tertiary/aromatic N) is 2. The number of carbonyl (C=O) groups excluding carboxylic acids is 2. The van der Waals surface area contributed by atoms with Crippen molar-refractivity contribution in [1.82, 2.24) is 9.80 Å². The molecule has 0 N–H and O–H groups in total. The van der Waals surface area contributed by atoms with Crippen molar-refractivity contribution < 1.29 is 22.8 Å². The SMILES string of the molecule is CCCCN(C)C(=O)C1CCN(C(=O)C(F)(F)F)CC1. The predicted octanol–water partition coefficient (Wildman–Crippen LogP) is 2.05. The summed E-state index contributed by atoms with van der Waals surface area (Å²) in [6, 6.07) is 0. The Balaban J connectivity index is 2.46. The Kier molecular flexibility index (Phi) is 5.83. The van der Waals surface area contributed by atoms with Gasteiger partial charge in [0, 0.05) is 32.6 Å². The molecule has 20 heavy (non-hydrogen) atoms. The Morgan fingerprint density at radius 2 is 1.80 bits per heavy atom. The standard InChI is InChI=1S/C13H21F3N2O2/c1-3-4-7-17(2)11(19)10-5-8-18(9-6-10)12(20)13(14,15)16/h10H,3-9H2,1-2H3. The molecule has 2 amide bonds. The maximum atomic E-state index is 12.3. The van der Waals surface area contributed by atoms with Crippen molar-refractivity contribution in [2.75, 3.05) is 26.7 Å². The molecule has 4 nitrogen and oxygen atoms in total. The van der Waals surface area contributed by atoms with Crippen LogP contribution in [-0.2, 0) is 9.59 Å². The highest BCUT2D eigenvalue weighted by Crippen LogP contribution is 2.24. The predicted molar refractivity (Wildman–Crippen MR) is 67.9 cm³/mol. The van der Waals surface area contributed by atoms with Gasteiger partial charge in [0.15, 0.2) is 0 Å². The first-order valence-electron chi connectivity index (χ1n) is 6.88. The fraction of sp³-hybridized carbons (Fsp3) is 0.846. The van der Waals surface area contributed by atoms with Gasteiger partial charge in [0.2, 0.25) is 5.91 Å². The summed E-state index contributed by atoms with van der Waals surface area (Å²) < 4.78 is 36.9. The van der Waals surface area contributed by atoms with Crippen LogP contribution < -0.4 is 0 Å². The van der Waals surface area contributed by atoms with Crippen molar-refractivity contribution in [1.29, 1.82) is 0 Å². The summed E-state index contributed by atoms with van der Waals surface area (Å²) in [4.78, 5) is 25.6. The molecule has 0 aromatic carbocycles. The molecule has 0 bridgehead atoms. The summed E-state index contributed by atoms with van der Waals surface area (Å²) in [5, 5.41) is 0. The van der Waals surface area contributed by atoms with Crippen LogP contribution in [0.15, 0.2) is 0 Å². The lowest BCUT2D eigenvalue weighted by atomic mass is 9.95. The van der Waals surface area contributed by atoms with Crippen LogP contribution in [0.25, 0.3) is 0 Å². The van der Waals surface area contributed by atoms with Gasteiger partial charge in [-0.25, -0.2) is 0 Å². The third-order valence-corrected chi connectivity index (χ3v) is 3.60. The van der Waals surface area contributed by atoms with E-state index in [4.69, 9.17) is 0 Å². The molecule has 1 saturated heterocycles. The van der Waals surface area contributed by atoms with Crippen LogP contribution in [0.2, 0.25) is 0 Å². The maximum absolute atomic E-state index is 12.3. The van der Waals surface area contributed by atoms with Crippen LogP contribution in [0.1, 0.15) is 32.6 Å². The summed E-state index contributed by atoms with van der Waals surface area (Å²) in [5.41, 5.74) is 0. The molecule has 0 aromatic heterocycles. The van der Waals surface area contributed by atoms with E-state index in [1.165, 1.54) is 0 Å². The van der Waals surface area contributed by atoms with Crippen molar-refractivity contribution in [3.05, 3.63) is 0 Å². The van der Waals surface area contributed by atoms with Crippen molar-refractivity contribution >= 4 is 11.8 Å². The summed E-state index contributed by atoms with van der Waals surface area (Å²) in [6.45, 7) is 2.68. The lowest BCUT2D eigenvalue weighted by Gasteiger charge is -2.33. The topological polar surface area (TPSA) is 40.6 Å². The number of likely N-dealkylation sites (tertiary alicyclic amines) is 1. The van der Waals surface area contributed by atoms with Gasteiger partial charge in [-0.3, -0.25) is 9.59 Å². The number of piperidine rings is 1. The Morgan fingerprint density at radius 3 is 2.25 bits per heavy atom. The van der Waals surface area contributed by atoms with Gasteiger partial charge < -0.3 is 9.80 Å². The second kappa shape index (κ2) is 6.95. The summed E-state index contributed by atoms with van der Waals surface area (Å²) >= 11 is 0. The summed E-state index contributed by atoms with van der Waals surface area (Å²) in [7, 11) is 1.71. The molecular formula is C13H21F3N2O2. The lowest BCUT2D eigenvalue weighted by molar-refractivity contribution is -0.187. The van der Waals surface area contributed by atoms with Gasteiger partial charge >= 0.3 is 12.1 Å². The number of amides is 2. The zero-order valence-electron chi connectivity index (χ0n) is 11.9. The van der Waals surface area contributed by atoms with E-state index >= 15 is 0 Å². The monoisotopic (exact) mass is 294 g/mol. The molecule has 0 aliphatic carbocycles. The van der Waals surface area contributed by atoms with E-state index in [9.17, 15) is 22.8 Å². The lowest BCUT2D eigenvalue weighted by Crippen LogP contribution is -2.47. The van der Waals surface area contributed by atoms with Gasteiger partial charge in [0.05, 0.1) is 0 Å². The van der Waals surface area contributed by atoms with E-state index in [1.807, 2.05) is 6.92 Å². The maximum Gasteiger partial charge on any atom is 0.471 e. The van der Waals surface area contributed by atoms with E-state index in [0.29, 0.717) is 19.4 Å². The highest BCUT2D eigenvalue weighted by molar-refractivity contribution is 5.83. The highest BCUT2D eigenvalue weighted by Gasteiger charge is 2.43. The number of hydrogen-bond donors (Lipinski definition) is 0. The molecular weight excluding hydrogens is 273 g/mol. The van der Waals surface area contributed by atoms with Gasteiger partial charge in [-0.1, -0.05) is 13.3 Å². The van der Waals surface area contributed by atoms with Crippen molar-refractivity contribution in [2.45, 2.75) is 38.8 Å². The summed E-state index contributed by atoms with van der Waals surface area (Å²) in [5.74, 6) is -2.10. The number of unbranched alkanes of at least 4 members (excludes halogenated alkanes) is 1. The van der Waals surface area contributed by atoms with Gasteiger partial charge in [-0.05, 0) is 19.3 Å². The zero-order valence-corrected chi connectivity index (χ0v) is 11.9. The van der Waals surface area contributed by atoms with E-state index in [2.05, 4.69) is 0 Å². The number of halogens is 3. The van der Waals surface area contributed by atoms with Crippen LogP contribution in [0.5, 0.6) is 0 Å². The molecule has 1 aliphatic heterocycles. The van der Waals surface area contributed by atoms with Gasteiger partial charge in [-0.15, -0.1) is 0 Å². The quantitative estimate of drug-likeness (QED) is 0.796. The molecule has 0 radical (unpaired) electrons. The molecule has 1 fully saturated rings. The Morgan fingerprint density at radius 1 is 1.25 bits per heavy atom. The Bertz CT molecular complexity index is 350. The second-order valence-corrected chi connectivity index (χ2v) is 5.18. The highest BCUT2D eigenvalue weighted by atomic mass is 19.4. The Labute approximate surface area is 116 Å².